The van der Waals surface area contributed by atoms with Crippen LogP contribution in [0.25, 0.3) is 0 Å². The van der Waals surface area contributed by atoms with Gasteiger partial charge in [-0.2, -0.15) is 0 Å². The summed E-state index contributed by atoms with van der Waals surface area (Å²) >= 11 is 0. The lowest BCUT2D eigenvalue weighted by atomic mass is 9.88. The first-order chi connectivity index (χ1) is 15.3. The van der Waals surface area contributed by atoms with Crippen molar-refractivity contribution in [2.45, 2.75) is 36.6 Å². The van der Waals surface area contributed by atoms with Crippen LogP contribution in [0.1, 0.15) is 21.8 Å². The van der Waals surface area contributed by atoms with Crippen molar-refractivity contribution >= 4 is 5.78 Å². The van der Waals surface area contributed by atoms with Gasteiger partial charge < -0.3 is 44.5 Å². The highest BCUT2D eigenvalue weighted by Gasteiger charge is 2.45. The van der Waals surface area contributed by atoms with Gasteiger partial charge >= 0.3 is 0 Å². The molecule has 0 aliphatic carbocycles. The van der Waals surface area contributed by atoms with E-state index in [0.717, 1.165) is 6.07 Å². The topological polar surface area (TPSA) is 155 Å². The number of carbonyl (C=O) groups excluding carboxylic acids is 1. The number of benzene rings is 2. The zero-order valence-electron chi connectivity index (χ0n) is 17.1. The molecule has 2 aliphatic heterocycles. The first-order valence-electron chi connectivity index (χ1n) is 9.99. The summed E-state index contributed by atoms with van der Waals surface area (Å²) in [5, 5.41) is 49.7. The summed E-state index contributed by atoms with van der Waals surface area (Å²) in [4.78, 5) is 13.0. The van der Waals surface area contributed by atoms with Crippen molar-refractivity contribution in [3.8, 4) is 23.0 Å². The summed E-state index contributed by atoms with van der Waals surface area (Å²) in [7, 11) is 1.54. The minimum Gasteiger partial charge on any atom is -0.507 e. The fourth-order valence-corrected chi connectivity index (χ4v) is 3.81. The summed E-state index contributed by atoms with van der Waals surface area (Å²) in [5.41, 5.74) is 0.709. The van der Waals surface area contributed by atoms with Gasteiger partial charge in [0, 0.05) is 12.1 Å². The van der Waals surface area contributed by atoms with E-state index >= 15 is 0 Å². The van der Waals surface area contributed by atoms with Crippen molar-refractivity contribution < 1.29 is 49.3 Å². The van der Waals surface area contributed by atoms with Crippen LogP contribution in [-0.4, -0.2) is 82.3 Å². The average molecular weight is 448 g/mol. The molecule has 10 nitrogen and oxygen atoms in total. The minimum absolute atomic E-state index is 0.00118. The van der Waals surface area contributed by atoms with E-state index in [1.165, 1.54) is 6.07 Å². The Hall–Kier alpha value is -2.89. The number of aliphatic hydroxyl groups excluding tert-OH is 4. The van der Waals surface area contributed by atoms with Gasteiger partial charge in [0.25, 0.3) is 0 Å². The molecule has 10 heteroatoms. The summed E-state index contributed by atoms with van der Waals surface area (Å²) in [6, 6.07) is 9.49. The lowest BCUT2D eigenvalue weighted by Crippen LogP contribution is -2.60. The lowest BCUT2D eigenvalue weighted by Gasteiger charge is -2.39. The minimum atomic E-state index is -1.62. The van der Waals surface area contributed by atoms with Crippen LogP contribution in [0.5, 0.6) is 23.0 Å². The van der Waals surface area contributed by atoms with Gasteiger partial charge in [0.05, 0.1) is 19.6 Å². The molecule has 0 saturated carbocycles. The number of aromatic hydroxyl groups is 1. The summed E-state index contributed by atoms with van der Waals surface area (Å²) < 4.78 is 21.7. The monoisotopic (exact) mass is 448 g/mol. The Bertz CT molecular complexity index is 973. The maximum Gasteiger partial charge on any atom is 0.229 e. The normalized spacial score (nSPS) is 29.7. The van der Waals surface area contributed by atoms with E-state index in [0.29, 0.717) is 11.3 Å². The molecule has 2 heterocycles. The molecule has 2 aliphatic rings. The van der Waals surface area contributed by atoms with Gasteiger partial charge in [-0.05, 0) is 17.7 Å². The highest BCUT2D eigenvalue weighted by atomic mass is 16.7. The van der Waals surface area contributed by atoms with E-state index in [2.05, 4.69) is 0 Å². The molecule has 5 N–H and O–H groups in total. The molecule has 0 aromatic heterocycles. The molecular formula is C22H24O10. The van der Waals surface area contributed by atoms with Crippen LogP contribution in [-0.2, 0) is 4.74 Å². The highest BCUT2D eigenvalue weighted by molar-refractivity contribution is 6.06. The maximum absolute atomic E-state index is 13.0. The number of hydrogen-bond acceptors (Lipinski definition) is 10. The molecule has 0 spiro atoms. The molecule has 2 aromatic rings. The van der Waals surface area contributed by atoms with Gasteiger partial charge in [-0.15, -0.1) is 0 Å². The first-order valence-corrected chi connectivity index (χ1v) is 9.99. The van der Waals surface area contributed by atoms with Gasteiger partial charge in [-0.1, -0.05) is 12.1 Å². The Morgan fingerprint density at radius 3 is 2.41 bits per heavy atom. The fourth-order valence-electron chi connectivity index (χ4n) is 3.81. The second kappa shape index (κ2) is 8.93. The van der Waals surface area contributed by atoms with Gasteiger partial charge in [0.2, 0.25) is 6.29 Å². The third-order valence-electron chi connectivity index (χ3n) is 5.64. The molecule has 2 aromatic carbocycles. The smallest absolute Gasteiger partial charge is 0.229 e. The number of ketones is 1. The van der Waals surface area contributed by atoms with E-state index < -0.39 is 43.2 Å². The molecule has 172 valence electrons. The number of rotatable bonds is 5. The number of aliphatic hydroxyl groups is 4. The Balaban J connectivity index is 1.55. The summed E-state index contributed by atoms with van der Waals surface area (Å²) in [6.45, 7) is -0.564. The number of methoxy groups -OCH3 is 1. The Morgan fingerprint density at radius 2 is 1.75 bits per heavy atom. The van der Waals surface area contributed by atoms with E-state index in [1.807, 2.05) is 0 Å². The van der Waals surface area contributed by atoms with Crippen LogP contribution < -0.4 is 14.2 Å². The second-order valence-electron chi connectivity index (χ2n) is 7.63. The van der Waals surface area contributed by atoms with Crippen LogP contribution in [0.15, 0.2) is 36.4 Å². The lowest BCUT2D eigenvalue weighted by molar-refractivity contribution is -0.277. The van der Waals surface area contributed by atoms with Crippen molar-refractivity contribution in [3.05, 3.63) is 47.5 Å². The fraction of sp³-hybridized carbons (Fsp3) is 0.409. The van der Waals surface area contributed by atoms with Gasteiger partial charge in [-0.3, -0.25) is 4.79 Å². The number of Topliss-reactive ketones (excluding diaryl/α,β-unsaturated/α-hetero) is 1. The Labute approximate surface area is 183 Å². The molecule has 0 radical (unpaired) electrons. The number of phenolic OH excluding ortho intramolecular Hbond substituents is 1. The molecule has 1 saturated heterocycles. The highest BCUT2D eigenvalue weighted by Crippen LogP contribution is 2.41. The number of hydrogen-bond donors (Lipinski definition) is 5. The molecule has 0 bridgehead atoms. The zero-order valence-corrected chi connectivity index (χ0v) is 17.1. The Morgan fingerprint density at radius 1 is 1.03 bits per heavy atom. The number of phenols is 1. The third kappa shape index (κ3) is 3.98. The van der Waals surface area contributed by atoms with E-state index in [4.69, 9.17) is 18.9 Å². The van der Waals surface area contributed by atoms with Crippen molar-refractivity contribution in [1.82, 2.24) is 0 Å². The third-order valence-corrected chi connectivity index (χ3v) is 5.64. The number of ether oxygens (including phenoxy) is 4. The van der Waals surface area contributed by atoms with E-state index in [9.17, 15) is 30.3 Å². The van der Waals surface area contributed by atoms with Crippen LogP contribution in [0.4, 0.5) is 0 Å². The van der Waals surface area contributed by atoms with Crippen LogP contribution in [0, 0.1) is 0 Å². The molecule has 4 rings (SSSR count). The van der Waals surface area contributed by atoms with Gasteiger partial charge in [-0.25, -0.2) is 0 Å². The Kier molecular flexibility index (Phi) is 6.22. The van der Waals surface area contributed by atoms with Crippen LogP contribution >= 0.6 is 0 Å². The molecule has 32 heavy (non-hydrogen) atoms. The standard InChI is InChI=1S/C22H24O10/c1-29-11-4-2-10(3-5-11)13-9-30-15-7-12(6-14(24)17(15)18(13)25)31-22-21(28)20(27)19(26)16(8-23)32-22/h2-7,13,16,19-24,26-28H,8-9H2,1H3. The zero-order chi connectivity index (χ0) is 23.0. The molecule has 6 atom stereocenters. The van der Waals surface area contributed by atoms with Crippen molar-refractivity contribution in [3.63, 3.8) is 0 Å². The average Bonchev–Trinajstić information content (AvgIpc) is 2.79. The molecular weight excluding hydrogens is 424 g/mol. The first kappa shape index (κ1) is 22.3. The number of fused-ring (bicyclic) bond motifs is 1. The summed E-state index contributed by atoms with van der Waals surface area (Å²) in [6.07, 6.45) is -7.34. The molecule has 1 fully saturated rings. The second-order valence-corrected chi connectivity index (χ2v) is 7.63. The molecule has 0 amide bonds. The number of carbonyl (C=O) groups is 1. The van der Waals surface area contributed by atoms with Crippen molar-refractivity contribution in [2.75, 3.05) is 20.3 Å². The van der Waals surface area contributed by atoms with Crippen LogP contribution in [0.3, 0.4) is 0 Å². The van der Waals surface area contributed by atoms with E-state index in [-0.39, 0.29) is 35.2 Å². The van der Waals surface area contributed by atoms with Crippen molar-refractivity contribution in [1.29, 1.82) is 0 Å². The predicted octanol–water partition coefficient (Wildman–Crippen LogP) is -0.0616. The van der Waals surface area contributed by atoms with Gasteiger partial charge in [0.15, 0.2) is 5.78 Å². The maximum atomic E-state index is 13.0. The quantitative estimate of drug-likeness (QED) is 0.420. The van der Waals surface area contributed by atoms with Gasteiger partial charge in [0.1, 0.15) is 59.6 Å². The van der Waals surface area contributed by atoms with Crippen LogP contribution in [0.2, 0.25) is 0 Å². The largest absolute Gasteiger partial charge is 0.507 e. The summed E-state index contributed by atoms with van der Waals surface area (Å²) in [5.74, 6) is -0.577. The van der Waals surface area contributed by atoms with Crippen molar-refractivity contribution in [2.24, 2.45) is 0 Å². The predicted molar refractivity (Wildman–Crippen MR) is 108 cm³/mol. The molecule has 6 unspecified atom stereocenters. The SMILES string of the molecule is COc1ccc(C2COc3cc(OC4OC(CO)C(O)C(O)C4O)cc(O)c3C2=O)cc1. The van der Waals surface area contributed by atoms with E-state index in [1.54, 1.807) is 31.4 Å².